The monoisotopic (exact) mass is 298 g/mol. The van der Waals surface area contributed by atoms with Gasteiger partial charge in [-0.3, -0.25) is 0 Å². The summed E-state index contributed by atoms with van der Waals surface area (Å²) < 4.78 is 0. The molecular weight excluding hydrogens is 276 g/mol. The van der Waals surface area contributed by atoms with E-state index in [2.05, 4.69) is 9.97 Å². The summed E-state index contributed by atoms with van der Waals surface area (Å²) in [6, 6.07) is 0. The fourth-order valence-corrected chi connectivity index (χ4v) is 3.13. The third-order valence-electron chi connectivity index (χ3n) is 3.43. The molecule has 112 valence electrons. The molecule has 0 aromatic carbocycles. The molecule has 1 aromatic rings. The highest BCUT2D eigenvalue weighted by molar-refractivity contribution is 7.99. The van der Waals surface area contributed by atoms with Gasteiger partial charge in [0.15, 0.2) is 0 Å². The Morgan fingerprint density at radius 2 is 1.85 bits per heavy atom. The number of rotatable bonds is 7. The third kappa shape index (κ3) is 3.93. The van der Waals surface area contributed by atoms with E-state index in [1.165, 1.54) is 11.8 Å². The standard InChI is InChI=1S/C14H22N2O3S/c1-5-10-15-9(4)11(13(17)18)12(16-10)20-8-14(19,6-2)7-3/h19H,5-8H2,1-4H3,(H,17,18). The molecule has 2 N–H and O–H groups in total. The fourth-order valence-electron chi connectivity index (χ4n) is 1.77. The van der Waals surface area contributed by atoms with Crippen molar-refractivity contribution in [2.24, 2.45) is 0 Å². The van der Waals surface area contributed by atoms with E-state index in [0.717, 1.165) is 0 Å². The van der Waals surface area contributed by atoms with Crippen molar-refractivity contribution in [1.29, 1.82) is 0 Å². The minimum absolute atomic E-state index is 0.141. The van der Waals surface area contributed by atoms with Crippen LogP contribution in [0.4, 0.5) is 0 Å². The lowest BCUT2D eigenvalue weighted by Gasteiger charge is -2.24. The van der Waals surface area contributed by atoms with Gasteiger partial charge in [0, 0.05) is 12.2 Å². The highest BCUT2D eigenvalue weighted by atomic mass is 32.2. The van der Waals surface area contributed by atoms with Gasteiger partial charge in [-0.25, -0.2) is 14.8 Å². The van der Waals surface area contributed by atoms with E-state index in [-0.39, 0.29) is 5.56 Å². The van der Waals surface area contributed by atoms with Gasteiger partial charge >= 0.3 is 5.97 Å². The topological polar surface area (TPSA) is 83.3 Å². The molecule has 0 aliphatic heterocycles. The third-order valence-corrected chi connectivity index (χ3v) is 4.68. The van der Waals surface area contributed by atoms with Crippen molar-refractivity contribution >= 4 is 17.7 Å². The van der Waals surface area contributed by atoms with Crippen LogP contribution >= 0.6 is 11.8 Å². The molecule has 0 aliphatic carbocycles. The number of aromatic carboxylic acids is 1. The predicted molar refractivity (Wildman–Crippen MR) is 79.4 cm³/mol. The molecule has 0 fully saturated rings. The lowest BCUT2D eigenvalue weighted by molar-refractivity contribution is 0.0570. The molecule has 1 aromatic heterocycles. The van der Waals surface area contributed by atoms with Gasteiger partial charge in [0.05, 0.1) is 11.3 Å². The van der Waals surface area contributed by atoms with Crippen LogP contribution in [0.25, 0.3) is 0 Å². The maximum absolute atomic E-state index is 11.3. The molecule has 0 aliphatic rings. The largest absolute Gasteiger partial charge is 0.478 e. The predicted octanol–water partition coefficient (Wildman–Crippen LogP) is 2.69. The number of carboxylic acid groups (broad SMARTS) is 1. The molecule has 0 saturated carbocycles. The van der Waals surface area contributed by atoms with E-state index >= 15 is 0 Å². The van der Waals surface area contributed by atoms with Crippen LogP contribution in [0, 0.1) is 6.92 Å². The second-order valence-electron chi connectivity index (χ2n) is 4.78. The highest BCUT2D eigenvalue weighted by Gasteiger charge is 2.25. The number of nitrogens with zero attached hydrogens (tertiary/aromatic N) is 2. The van der Waals surface area contributed by atoms with Crippen molar-refractivity contribution in [2.45, 2.75) is 57.6 Å². The number of aromatic nitrogens is 2. The molecule has 0 amide bonds. The van der Waals surface area contributed by atoms with E-state index in [4.69, 9.17) is 0 Å². The zero-order chi connectivity index (χ0) is 15.3. The van der Waals surface area contributed by atoms with Gasteiger partial charge in [-0.2, -0.15) is 0 Å². The number of aliphatic hydroxyl groups is 1. The quantitative estimate of drug-likeness (QED) is 0.595. The van der Waals surface area contributed by atoms with Gasteiger partial charge in [0.2, 0.25) is 0 Å². The summed E-state index contributed by atoms with van der Waals surface area (Å²) in [7, 11) is 0. The van der Waals surface area contributed by atoms with Gasteiger partial charge in [-0.15, -0.1) is 11.8 Å². The Hall–Kier alpha value is -1.14. The van der Waals surface area contributed by atoms with Crippen molar-refractivity contribution in [2.75, 3.05) is 5.75 Å². The van der Waals surface area contributed by atoms with Gasteiger partial charge in [0.1, 0.15) is 16.4 Å². The van der Waals surface area contributed by atoms with Gasteiger partial charge in [-0.05, 0) is 19.8 Å². The molecule has 0 saturated heterocycles. The smallest absolute Gasteiger partial charge is 0.340 e. The first-order valence-electron chi connectivity index (χ1n) is 6.82. The summed E-state index contributed by atoms with van der Waals surface area (Å²) in [5.41, 5.74) is -0.170. The Balaban J connectivity index is 3.09. The second kappa shape index (κ2) is 7.04. The maximum atomic E-state index is 11.3. The van der Waals surface area contributed by atoms with Crippen LogP contribution in [-0.2, 0) is 6.42 Å². The number of thioether (sulfide) groups is 1. The van der Waals surface area contributed by atoms with Crippen LogP contribution in [0.1, 0.15) is 55.5 Å². The molecule has 1 rings (SSSR count). The number of hydrogen-bond donors (Lipinski definition) is 2. The number of carboxylic acids is 1. The van der Waals surface area contributed by atoms with Crippen LogP contribution in [0.2, 0.25) is 0 Å². The van der Waals surface area contributed by atoms with Gasteiger partial charge < -0.3 is 10.2 Å². The van der Waals surface area contributed by atoms with E-state index in [0.29, 0.717) is 41.6 Å². The first-order chi connectivity index (χ1) is 9.36. The average molecular weight is 298 g/mol. The van der Waals surface area contributed by atoms with Crippen molar-refractivity contribution < 1.29 is 15.0 Å². The Bertz CT molecular complexity index is 488. The van der Waals surface area contributed by atoms with Crippen molar-refractivity contribution in [3.8, 4) is 0 Å². The van der Waals surface area contributed by atoms with E-state index in [9.17, 15) is 15.0 Å². The average Bonchev–Trinajstić information content (AvgIpc) is 2.43. The van der Waals surface area contributed by atoms with Crippen molar-refractivity contribution in [3.05, 3.63) is 17.1 Å². The summed E-state index contributed by atoms with van der Waals surface area (Å²) in [5.74, 6) is 0.0376. The van der Waals surface area contributed by atoms with E-state index < -0.39 is 11.6 Å². The summed E-state index contributed by atoms with van der Waals surface area (Å²) in [6.45, 7) is 7.45. The summed E-state index contributed by atoms with van der Waals surface area (Å²) in [5, 5.41) is 20.0. The zero-order valence-electron chi connectivity index (χ0n) is 12.4. The Morgan fingerprint density at radius 1 is 1.25 bits per heavy atom. The Labute approximate surface area is 123 Å². The molecule has 5 nitrogen and oxygen atoms in total. The van der Waals surface area contributed by atoms with Crippen LogP contribution < -0.4 is 0 Å². The SMILES string of the molecule is CCc1nc(C)c(C(=O)O)c(SCC(O)(CC)CC)n1. The minimum atomic E-state index is -1.02. The van der Waals surface area contributed by atoms with E-state index in [1.54, 1.807) is 6.92 Å². The molecule has 0 unspecified atom stereocenters. The lowest BCUT2D eigenvalue weighted by atomic mass is 10.0. The maximum Gasteiger partial charge on any atom is 0.340 e. The van der Waals surface area contributed by atoms with Gasteiger partial charge in [-0.1, -0.05) is 20.8 Å². The van der Waals surface area contributed by atoms with Crippen LogP contribution in [0.15, 0.2) is 5.03 Å². The second-order valence-corrected chi connectivity index (χ2v) is 5.75. The molecule has 0 bridgehead atoms. The van der Waals surface area contributed by atoms with Crippen LogP contribution in [0.5, 0.6) is 0 Å². The number of carbonyl (C=O) groups is 1. The summed E-state index contributed by atoms with van der Waals surface area (Å²) in [6.07, 6.45) is 1.91. The number of hydrogen-bond acceptors (Lipinski definition) is 5. The fraction of sp³-hybridized carbons (Fsp3) is 0.643. The number of aryl methyl sites for hydroxylation is 2. The molecule has 0 atom stereocenters. The molecule has 20 heavy (non-hydrogen) atoms. The van der Waals surface area contributed by atoms with Gasteiger partial charge in [0.25, 0.3) is 0 Å². The molecule has 0 radical (unpaired) electrons. The van der Waals surface area contributed by atoms with Crippen molar-refractivity contribution in [1.82, 2.24) is 9.97 Å². The normalized spacial score (nSPS) is 11.7. The minimum Gasteiger partial charge on any atom is -0.478 e. The first kappa shape index (κ1) is 16.9. The van der Waals surface area contributed by atoms with Crippen LogP contribution in [-0.4, -0.2) is 37.5 Å². The zero-order valence-corrected chi connectivity index (χ0v) is 13.3. The summed E-state index contributed by atoms with van der Waals surface area (Å²) >= 11 is 1.29. The van der Waals surface area contributed by atoms with Crippen LogP contribution in [0.3, 0.4) is 0 Å². The summed E-state index contributed by atoms with van der Waals surface area (Å²) in [4.78, 5) is 19.8. The Morgan fingerprint density at radius 3 is 2.30 bits per heavy atom. The molecule has 0 spiro atoms. The van der Waals surface area contributed by atoms with E-state index in [1.807, 2.05) is 20.8 Å². The molecule has 6 heteroatoms. The molecule has 1 heterocycles. The lowest BCUT2D eigenvalue weighted by Crippen LogP contribution is -2.29. The first-order valence-corrected chi connectivity index (χ1v) is 7.81. The highest BCUT2D eigenvalue weighted by Crippen LogP contribution is 2.29. The molecular formula is C14H22N2O3S. The van der Waals surface area contributed by atoms with Crippen molar-refractivity contribution in [3.63, 3.8) is 0 Å². The Kier molecular flexibility index (Phi) is 5.95.